The lowest BCUT2D eigenvalue weighted by Gasteiger charge is -2.25. The maximum absolute atomic E-state index is 13.0. The number of hydrogen-bond donors (Lipinski definition) is 1. The second kappa shape index (κ2) is 11.7. The highest BCUT2D eigenvalue weighted by atomic mass is 19.1. The van der Waals surface area contributed by atoms with Crippen LogP contribution in [0.1, 0.15) is 26.3 Å². The van der Waals surface area contributed by atoms with Crippen LogP contribution in [0.2, 0.25) is 0 Å². The summed E-state index contributed by atoms with van der Waals surface area (Å²) in [5, 5.41) is 3.21. The topological polar surface area (TPSA) is 70.1 Å². The van der Waals surface area contributed by atoms with E-state index in [1.54, 1.807) is 29.3 Å². The molecule has 2 rings (SSSR count). The van der Waals surface area contributed by atoms with Crippen LogP contribution >= 0.6 is 0 Å². The Labute approximate surface area is 177 Å². The van der Waals surface area contributed by atoms with Crippen LogP contribution in [0.5, 0.6) is 11.6 Å². The van der Waals surface area contributed by atoms with Gasteiger partial charge in [0, 0.05) is 38.9 Å². The lowest BCUT2D eigenvalue weighted by Crippen LogP contribution is -2.45. The van der Waals surface area contributed by atoms with Gasteiger partial charge in [-0.2, -0.15) is 0 Å². The first-order chi connectivity index (χ1) is 14.5. The number of nitrogens with zero attached hydrogens (tertiary/aromatic N) is 4. The van der Waals surface area contributed by atoms with Crippen molar-refractivity contribution in [3.05, 3.63) is 54.0 Å². The third-order valence-electron chi connectivity index (χ3n) is 4.43. The monoisotopic (exact) mass is 415 g/mol. The Morgan fingerprint density at radius 1 is 1.13 bits per heavy atom. The molecule has 0 aliphatic rings. The Bertz CT molecular complexity index is 820. The number of nitrogens with one attached hydrogen (secondary N) is 1. The predicted octanol–water partition coefficient (Wildman–Crippen LogP) is 3.28. The van der Waals surface area contributed by atoms with Gasteiger partial charge in [0.05, 0.1) is 13.1 Å². The van der Waals surface area contributed by atoms with Crippen molar-refractivity contribution >= 4 is 11.9 Å². The third-order valence-corrected chi connectivity index (χ3v) is 4.43. The van der Waals surface area contributed by atoms with Gasteiger partial charge >= 0.3 is 0 Å². The van der Waals surface area contributed by atoms with Gasteiger partial charge in [0.2, 0.25) is 11.8 Å². The van der Waals surface area contributed by atoms with E-state index in [9.17, 15) is 9.18 Å². The number of amides is 1. The van der Waals surface area contributed by atoms with E-state index >= 15 is 0 Å². The third kappa shape index (κ3) is 7.02. The summed E-state index contributed by atoms with van der Waals surface area (Å²) in [6.07, 6.45) is 1.69. The maximum atomic E-state index is 13.0. The zero-order chi connectivity index (χ0) is 21.9. The molecule has 1 aromatic heterocycles. The van der Waals surface area contributed by atoms with Crippen LogP contribution in [-0.4, -0.2) is 59.9 Å². The lowest BCUT2D eigenvalue weighted by atomic mass is 10.3. The Morgan fingerprint density at radius 2 is 1.83 bits per heavy atom. The van der Waals surface area contributed by atoms with Gasteiger partial charge in [-0.3, -0.25) is 4.79 Å². The van der Waals surface area contributed by atoms with E-state index < -0.39 is 0 Å². The van der Waals surface area contributed by atoms with E-state index in [0.29, 0.717) is 43.8 Å². The number of halogens is 1. The number of carbonyl (C=O) groups excluding carboxylic acids is 1. The number of rotatable bonds is 9. The molecule has 162 valence electrons. The van der Waals surface area contributed by atoms with Crippen LogP contribution in [0.15, 0.2) is 47.6 Å². The molecule has 0 saturated heterocycles. The minimum absolute atomic E-state index is 0.0667. The van der Waals surface area contributed by atoms with E-state index in [-0.39, 0.29) is 18.3 Å². The first-order valence-electron chi connectivity index (χ1n) is 10.1. The largest absolute Gasteiger partial charge is 0.439 e. The second-order valence-electron chi connectivity index (χ2n) is 6.65. The quantitative estimate of drug-likeness (QED) is 0.503. The molecule has 0 aliphatic heterocycles. The molecule has 0 spiro atoms. The van der Waals surface area contributed by atoms with Crippen molar-refractivity contribution in [3.63, 3.8) is 0 Å². The summed E-state index contributed by atoms with van der Waals surface area (Å²) in [6, 6.07) is 9.39. The van der Waals surface area contributed by atoms with Crippen LogP contribution in [0.3, 0.4) is 0 Å². The van der Waals surface area contributed by atoms with Gasteiger partial charge in [-0.05, 0) is 50.6 Å². The summed E-state index contributed by atoms with van der Waals surface area (Å²) in [4.78, 5) is 24.9. The zero-order valence-electron chi connectivity index (χ0n) is 18.1. The first kappa shape index (κ1) is 23.1. The SMILES string of the molecule is CCNC(=NCc1ccc(Oc2ccc(F)cc2)nc1)N(C)CC(=O)N(CC)CC. The summed E-state index contributed by atoms with van der Waals surface area (Å²) in [5.41, 5.74) is 0.903. The molecule has 0 atom stereocenters. The van der Waals surface area contributed by atoms with Gasteiger partial charge < -0.3 is 19.9 Å². The van der Waals surface area contributed by atoms with Crippen molar-refractivity contribution in [1.29, 1.82) is 0 Å². The fourth-order valence-electron chi connectivity index (χ4n) is 2.78. The van der Waals surface area contributed by atoms with Crippen molar-refractivity contribution in [1.82, 2.24) is 20.1 Å². The van der Waals surface area contributed by atoms with Crippen molar-refractivity contribution < 1.29 is 13.9 Å². The minimum atomic E-state index is -0.316. The average molecular weight is 416 g/mol. The molecule has 0 radical (unpaired) electrons. The van der Waals surface area contributed by atoms with E-state index in [1.807, 2.05) is 38.8 Å². The number of ether oxygens (including phenoxy) is 1. The number of hydrogen-bond acceptors (Lipinski definition) is 4. The normalized spacial score (nSPS) is 11.2. The highest BCUT2D eigenvalue weighted by Gasteiger charge is 2.15. The molecular formula is C22H30FN5O2. The highest BCUT2D eigenvalue weighted by Crippen LogP contribution is 2.19. The van der Waals surface area contributed by atoms with E-state index in [4.69, 9.17) is 4.74 Å². The van der Waals surface area contributed by atoms with E-state index in [1.165, 1.54) is 12.1 Å². The number of guanidine groups is 1. The molecule has 0 fully saturated rings. The van der Waals surface area contributed by atoms with Gasteiger partial charge in [0.15, 0.2) is 5.96 Å². The zero-order valence-corrected chi connectivity index (χ0v) is 18.1. The molecule has 1 aromatic carbocycles. The van der Waals surface area contributed by atoms with Crippen LogP contribution in [0.4, 0.5) is 4.39 Å². The van der Waals surface area contributed by atoms with E-state index in [2.05, 4.69) is 15.3 Å². The number of pyridine rings is 1. The Hall–Kier alpha value is -3.16. The molecule has 1 N–H and O–H groups in total. The molecule has 0 aliphatic carbocycles. The van der Waals surface area contributed by atoms with Crippen LogP contribution in [0, 0.1) is 5.82 Å². The average Bonchev–Trinajstić information content (AvgIpc) is 2.74. The van der Waals surface area contributed by atoms with Crippen LogP contribution in [0.25, 0.3) is 0 Å². The predicted molar refractivity (Wildman–Crippen MR) is 116 cm³/mol. The molecule has 30 heavy (non-hydrogen) atoms. The second-order valence-corrected chi connectivity index (χ2v) is 6.65. The number of likely N-dealkylation sites (N-methyl/N-ethyl adjacent to an activating group) is 2. The molecular weight excluding hydrogens is 385 g/mol. The maximum Gasteiger partial charge on any atom is 0.242 e. The molecule has 0 unspecified atom stereocenters. The van der Waals surface area contributed by atoms with Crippen LogP contribution in [-0.2, 0) is 11.3 Å². The van der Waals surface area contributed by atoms with Gasteiger partial charge in [-0.25, -0.2) is 14.4 Å². The standard InChI is InChI=1S/C22H30FN5O2/c1-5-24-22(27(4)16-21(29)28(6-2)7-3)26-15-17-8-13-20(25-14-17)30-19-11-9-18(23)10-12-19/h8-14H,5-7,15-16H2,1-4H3,(H,24,26). The number of aliphatic imine (C=N–C) groups is 1. The summed E-state index contributed by atoms with van der Waals surface area (Å²) in [6.45, 7) is 8.67. The van der Waals surface area contributed by atoms with Crippen molar-refractivity contribution in [2.24, 2.45) is 4.99 Å². The fraction of sp³-hybridized carbons (Fsp3) is 0.409. The van der Waals surface area contributed by atoms with Gasteiger partial charge in [0.1, 0.15) is 11.6 Å². The molecule has 2 aromatic rings. The van der Waals surface area contributed by atoms with Gasteiger partial charge in [-0.1, -0.05) is 6.07 Å². The van der Waals surface area contributed by atoms with Crippen LogP contribution < -0.4 is 10.1 Å². The summed E-state index contributed by atoms with van der Waals surface area (Å²) in [7, 11) is 1.85. The minimum Gasteiger partial charge on any atom is -0.439 e. The van der Waals surface area contributed by atoms with E-state index in [0.717, 1.165) is 5.56 Å². The number of aromatic nitrogens is 1. The molecule has 1 amide bonds. The summed E-state index contributed by atoms with van der Waals surface area (Å²) < 4.78 is 18.6. The highest BCUT2D eigenvalue weighted by molar-refractivity contribution is 5.86. The molecule has 1 heterocycles. The molecule has 7 nitrogen and oxygen atoms in total. The van der Waals surface area contributed by atoms with Crippen molar-refractivity contribution in [2.45, 2.75) is 27.3 Å². The molecule has 0 saturated carbocycles. The van der Waals surface area contributed by atoms with Crippen molar-refractivity contribution in [3.8, 4) is 11.6 Å². The first-order valence-corrected chi connectivity index (χ1v) is 10.1. The van der Waals surface area contributed by atoms with Gasteiger partial charge in [0.25, 0.3) is 0 Å². The van der Waals surface area contributed by atoms with Gasteiger partial charge in [-0.15, -0.1) is 0 Å². The Kier molecular flexibility index (Phi) is 9.05. The number of carbonyl (C=O) groups is 1. The summed E-state index contributed by atoms with van der Waals surface area (Å²) in [5.74, 6) is 1.34. The molecule has 8 heteroatoms. The smallest absolute Gasteiger partial charge is 0.242 e. The fourth-order valence-corrected chi connectivity index (χ4v) is 2.78. The number of benzene rings is 1. The van der Waals surface area contributed by atoms with Crippen molar-refractivity contribution in [2.75, 3.05) is 33.2 Å². The Balaban J connectivity index is 1.99. The molecule has 0 bridgehead atoms. The Morgan fingerprint density at radius 3 is 2.40 bits per heavy atom. The summed E-state index contributed by atoms with van der Waals surface area (Å²) >= 11 is 0. The lowest BCUT2D eigenvalue weighted by molar-refractivity contribution is -0.131.